The topological polar surface area (TPSA) is 60.7 Å². The predicted molar refractivity (Wildman–Crippen MR) is 52.4 cm³/mol. The fourth-order valence-corrected chi connectivity index (χ4v) is 1.84. The number of hydrogen-bond donors (Lipinski definition) is 3. The van der Waals surface area contributed by atoms with Crippen LogP contribution in [0.15, 0.2) is 24.3 Å². The van der Waals surface area contributed by atoms with Crippen molar-refractivity contribution < 1.29 is 15.3 Å². The molecule has 0 saturated heterocycles. The summed E-state index contributed by atoms with van der Waals surface area (Å²) in [4.78, 5) is 0. The van der Waals surface area contributed by atoms with Crippen molar-refractivity contribution in [1.82, 2.24) is 0 Å². The lowest BCUT2D eigenvalue weighted by molar-refractivity contribution is 0.278. The molecule has 74 valence electrons. The minimum absolute atomic E-state index is 0.0550. The number of allylic oxidation sites excluding steroid dienone is 1. The molecule has 0 aliphatic heterocycles. The minimum atomic E-state index is -0.203. The highest BCUT2D eigenvalue weighted by molar-refractivity contribution is 5.53. The number of aliphatic hydroxyl groups is 1. The smallest absolute Gasteiger partial charge is 0.161 e. The van der Waals surface area contributed by atoms with Crippen molar-refractivity contribution in [3.63, 3.8) is 0 Å². The Labute approximate surface area is 81.9 Å². The zero-order chi connectivity index (χ0) is 10.1. The van der Waals surface area contributed by atoms with Gasteiger partial charge >= 0.3 is 0 Å². The molecule has 1 unspecified atom stereocenters. The van der Waals surface area contributed by atoms with Crippen LogP contribution in [-0.2, 0) is 6.42 Å². The van der Waals surface area contributed by atoms with Crippen LogP contribution in [0.25, 0.3) is 0 Å². The Kier molecular flexibility index (Phi) is 2.17. The second kappa shape index (κ2) is 3.35. The Balaban J connectivity index is 2.57. The molecule has 0 spiro atoms. The van der Waals surface area contributed by atoms with E-state index in [-0.39, 0.29) is 24.0 Å². The van der Waals surface area contributed by atoms with E-state index >= 15 is 0 Å². The highest BCUT2D eigenvalue weighted by Gasteiger charge is 2.21. The van der Waals surface area contributed by atoms with Crippen LogP contribution in [0.3, 0.4) is 0 Å². The molecule has 0 heterocycles. The van der Waals surface area contributed by atoms with Crippen LogP contribution in [0, 0.1) is 0 Å². The molecule has 1 aliphatic carbocycles. The van der Waals surface area contributed by atoms with Gasteiger partial charge in [-0.15, -0.1) is 0 Å². The lowest BCUT2D eigenvalue weighted by atomic mass is 9.87. The standard InChI is InChI=1S/C11H12O3/c12-6-8-3-1-2-7-4-5-9(13)11(14)10(7)8/h1,3-5,8,12-14H,2,6H2. The Hall–Kier alpha value is -1.48. The first-order valence-corrected chi connectivity index (χ1v) is 4.55. The van der Waals surface area contributed by atoms with Crippen molar-refractivity contribution in [3.05, 3.63) is 35.4 Å². The van der Waals surface area contributed by atoms with Crippen LogP contribution in [0.1, 0.15) is 17.0 Å². The van der Waals surface area contributed by atoms with Crippen LogP contribution in [-0.4, -0.2) is 21.9 Å². The summed E-state index contributed by atoms with van der Waals surface area (Å²) in [6.07, 6.45) is 4.54. The molecule has 14 heavy (non-hydrogen) atoms. The first-order chi connectivity index (χ1) is 6.74. The van der Waals surface area contributed by atoms with Crippen molar-refractivity contribution in [2.45, 2.75) is 12.3 Å². The maximum absolute atomic E-state index is 9.65. The largest absolute Gasteiger partial charge is 0.504 e. The van der Waals surface area contributed by atoms with E-state index in [4.69, 9.17) is 5.11 Å². The molecule has 3 N–H and O–H groups in total. The lowest BCUT2D eigenvalue weighted by Crippen LogP contribution is -2.08. The van der Waals surface area contributed by atoms with Gasteiger partial charge in [-0.05, 0) is 18.1 Å². The number of phenols is 2. The number of aliphatic hydroxyl groups excluding tert-OH is 1. The van der Waals surface area contributed by atoms with Crippen molar-refractivity contribution in [2.24, 2.45) is 0 Å². The maximum Gasteiger partial charge on any atom is 0.161 e. The van der Waals surface area contributed by atoms with E-state index < -0.39 is 0 Å². The van der Waals surface area contributed by atoms with E-state index in [1.54, 1.807) is 6.07 Å². The van der Waals surface area contributed by atoms with Crippen molar-refractivity contribution in [2.75, 3.05) is 6.61 Å². The summed E-state index contributed by atoms with van der Waals surface area (Å²) in [7, 11) is 0. The van der Waals surface area contributed by atoms with Crippen molar-refractivity contribution in [1.29, 1.82) is 0 Å². The molecular weight excluding hydrogens is 180 g/mol. The average Bonchev–Trinajstić information content (AvgIpc) is 2.23. The monoisotopic (exact) mass is 192 g/mol. The fraction of sp³-hybridized carbons (Fsp3) is 0.273. The molecule has 3 nitrogen and oxygen atoms in total. The molecule has 0 saturated carbocycles. The van der Waals surface area contributed by atoms with Gasteiger partial charge in [0.2, 0.25) is 0 Å². The molecule has 0 bridgehead atoms. The highest BCUT2D eigenvalue weighted by atomic mass is 16.3. The van der Waals surface area contributed by atoms with Crippen LogP contribution >= 0.6 is 0 Å². The van der Waals surface area contributed by atoms with E-state index in [1.165, 1.54) is 6.07 Å². The first kappa shape index (κ1) is 9.09. The van der Waals surface area contributed by atoms with E-state index in [2.05, 4.69) is 0 Å². The molecule has 0 fully saturated rings. The first-order valence-electron chi connectivity index (χ1n) is 4.55. The van der Waals surface area contributed by atoms with Gasteiger partial charge in [0.25, 0.3) is 0 Å². The van der Waals surface area contributed by atoms with Gasteiger partial charge in [0.05, 0.1) is 6.61 Å². The van der Waals surface area contributed by atoms with Crippen molar-refractivity contribution >= 4 is 0 Å². The molecule has 0 amide bonds. The molecule has 1 aliphatic rings. The normalized spacial score (nSPS) is 19.4. The highest BCUT2D eigenvalue weighted by Crippen LogP contribution is 2.39. The SMILES string of the molecule is OCC1C=CCc2ccc(O)c(O)c21. The summed E-state index contributed by atoms with van der Waals surface area (Å²) in [5, 5.41) is 28.1. The zero-order valence-electron chi connectivity index (χ0n) is 7.64. The molecule has 0 radical (unpaired) electrons. The predicted octanol–water partition coefficient (Wildman–Crippen LogP) is 1.29. The molecule has 3 heteroatoms. The third-order valence-electron chi connectivity index (χ3n) is 2.56. The lowest BCUT2D eigenvalue weighted by Gasteiger charge is -2.20. The van der Waals surface area contributed by atoms with Crippen LogP contribution < -0.4 is 0 Å². The number of phenolic OH excluding ortho intramolecular Hbond substituents is 2. The van der Waals surface area contributed by atoms with Crippen LogP contribution in [0.4, 0.5) is 0 Å². The van der Waals surface area contributed by atoms with E-state index in [0.717, 1.165) is 12.0 Å². The molecular formula is C11H12O3. The van der Waals surface area contributed by atoms with E-state index in [9.17, 15) is 10.2 Å². The van der Waals surface area contributed by atoms with E-state index in [0.29, 0.717) is 5.56 Å². The van der Waals surface area contributed by atoms with Gasteiger partial charge in [-0.3, -0.25) is 0 Å². The van der Waals surface area contributed by atoms with Gasteiger partial charge in [0, 0.05) is 11.5 Å². The van der Waals surface area contributed by atoms with Crippen molar-refractivity contribution in [3.8, 4) is 11.5 Å². The second-order valence-electron chi connectivity index (χ2n) is 3.43. The zero-order valence-corrected chi connectivity index (χ0v) is 7.64. The quantitative estimate of drug-likeness (QED) is 0.464. The number of aromatic hydroxyl groups is 2. The number of rotatable bonds is 1. The number of fused-ring (bicyclic) bond motifs is 1. The number of benzene rings is 1. The minimum Gasteiger partial charge on any atom is -0.504 e. The van der Waals surface area contributed by atoms with Gasteiger partial charge in [-0.1, -0.05) is 18.2 Å². The van der Waals surface area contributed by atoms with Gasteiger partial charge in [-0.25, -0.2) is 0 Å². The summed E-state index contributed by atoms with van der Waals surface area (Å²) in [6.45, 7) is -0.0550. The summed E-state index contributed by atoms with van der Waals surface area (Å²) < 4.78 is 0. The summed E-state index contributed by atoms with van der Waals surface area (Å²) in [5.74, 6) is -0.436. The average molecular weight is 192 g/mol. The van der Waals surface area contributed by atoms with Gasteiger partial charge < -0.3 is 15.3 Å². The third-order valence-corrected chi connectivity index (χ3v) is 2.56. The molecule has 1 aromatic rings. The summed E-state index contributed by atoms with van der Waals surface area (Å²) in [6, 6.07) is 3.25. The Morgan fingerprint density at radius 1 is 1.29 bits per heavy atom. The van der Waals surface area contributed by atoms with Gasteiger partial charge in [0.15, 0.2) is 11.5 Å². The molecule has 2 rings (SSSR count). The summed E-state index contributed by atoms with van der Waals surface area (Å²) in [5.41, 5.74) is 1.61. The van der Waals surface area contributed by atoms with Gasteiger partial charge in [0.1, 0.15) is 0 Å². The molecule has 1 aromatic carbocycles. The fourth-order valence-electron chi connectivity index (χ4n) is 1.84. The molecule has 1 atom stereocenters. The number of hydrogen-bond acceptors (Lipinski definition) is 3. The Bertz CT molecular complexity index is 382. The summed E-state index contributed by atoms with van der Waals surface area (Å²) >= 11 is 0. The van der Waals surface area contributed by atoms with Gasteiger partial charge in [-0.2, -0.15) is 0 Å². The Morgan fingerprint density at radius 2 is 2.07 bits per heavy atom. The molecule has 0 aromatic heterocycles. The third kappa shape index (κ3) is 1.26. The Morgan fingerprint density at radius 3 is 2.79 bits per heavy atom. The van der Waals surface area contributed by atoms with Crippen LogP contribution in [0.5, 0.6) is 11.5 Å². The van der Waals surface area contributed by atoms with E-state index in [1.807, 2.05) is 12.2 Å². The maximum atomic E-state index is 9.65. The van der Waals surface area contributed by atoms with Crippen LogP contribution in [0.2, 0.25) is 0 Å². The second-order valence-corrected chi connectivity index (χ2v) is 3.43.